The lowest BCUT2D eigenvalue weighted by atomic mass is 9.73. The molecule has 0 atom stereocenters. The van der Waals surface area contributed by atoms with Gasteiger partial charge in [-0.1, -0.05) is 38.2 Å². The van der Waals surface area contributed by atoms with Crippen LogP contribution in [0.4, 0.5) is 0 Å². The van der Waals surface area contributed by atoms with Gasteiger partial charge in [-0.2, -0.15) is 0 Å². The molecular weight excluding hydrogens is 232 g/mol. The first-order valence-electron chi connectivity index (χ1n) is 6.49. The standard InChI is InChI=1S/C14H20O2S/c15-13(16)14(11-12-7-6-10-17-12)8-4-2-1-3-5-9-14/h6-7,10H,1-5,8-9,11H2,(H,15,16). The van der Waals surface area contributed by atoms with E-state index in [1.165, 1.54) is 24.1 Å². The molecule has 1 saturated carbocycles. The summed E-state index contributed by atoms with van der Waals surface area (Å²) >= 11 is 1.68. The van der Waals surface area contributed by atoms with E-state index in [0.717, 1.165) is 32.1 Å². The average Bonchev–Trinajstić information content (AvgIpc) is 2.74. The molecule has 1 fully saturated rings. The summed E-state index contributed by atoms with van der Waals surface area (Å²) < 4.78 is 0. The highest BCUT2D eigenvalue weighted by molar-refractivity contribution is 7.09. The number of carboxylic acids is 1. The van der Waals surface area contributed by atoms with Gasteiger partial charge in [-0.15, -0.1) is 11.3 Å². The molecule has 2 rings (SSSR count). The summed E-state index contributed by atoms with van der Waals surface area (Å²) in [5.74, 6) is -0.590. The smallest absolute Gasteiger partial charge is 0.309 e. The second-order valence-corrected chi connectivity index (χ2v) is 6.14. The predicted octanol–water partition coefficient (Wildman–Crippen LogP) is 4.11. The van der Waals surface area contributed by atoms with E-state index in [9.17, 15) is 9.90 Å². The zero-order valence-electron chi connectivity index (χ0n) is 10.2. The van der Waals surface area contributed by atoms with Crippen LogP contribution in [-0.2, 0) is 11.2 Å². The van der Waals surface area contributed by atoms with E-state index in [4.69, 9.17) is 0 Å². The maximum Gasteiger partial charge on any atom is 0.309 e. The number of thiophene rings is 1. The first kappa shape index (κ1) is 12.6. The summed E-state index contributed by atoms with van der Waals surface area (Å²) in [5.41, 5.74) is -0.495. The number of aliphatic carboxylic acids is 1. The molecule has 1 aromatic rings. The van der Waals surface area contributed by atoms with Gasteiger partial charge in [-0.3, -0.25) is 4.79 Å². The third-order valence-electron chi connectivity index (χ3n) is 3.86. The lowest BCUT2D eigenvalue weighted by Crippen LogP contribution is -2.34. The van der Waals surface area contributed by atoms with Gasteiger partial charge in [0.2, 0.25) is 0 Å². The Bertz CT molecular complexity index is 348. The lowest BCUT2D eigenvalue weighted by Gasteiger charge is -2.30. The normalized spacial score (nSPS) is 20.5. The maximum absolute atomic E-state index is 11.7. The van der Waals surface area contributed by atoms with Crippen molar-refractivity contribution >= 4 is 17.3 Å². The van der Waals surface area contributed by atoms with Crippen LogP contribution in [0.1, 0.15) is 49.8 Å². The van der Waals surface area contributed by atoms with Crippen LogP contribution in [0.2, 0.25) is 0 Å². The lowest BCUT2D eigenvalue weighted by molar-refractivity contribution is -0.150. The largest absolute Gasteiger partial charge is 0.481 e. The van der Waals surface area contributed by atoms with Gasteiger partial charge in [0.15, 0.2) is 0 Å². The average molecular weight is 252 g/mol. The third kappa shape index (κ3) is 3.09. The van der Waals surface area contributed by atoms with Crippen molar-refractivity contribution < 1.29 is 9.90 Å². The van der Waals surface area contributed by atoms with Crippen molar-refractivity contribution in [2.75, 3.05) is 0 Å². The number of hydrogen-bond acceptors (Lipinski definition) is 2. The SMILES string of the molecule is O=C(O)C1(Cc2cccs2)CCCCCCC1. The van der Waals surface area contributed by atoms with E-state index in [1.807, 2.05) is 11.4 Å². The Hall–Kier alpha value is -0.830. The zero-order chi connectivity index (χ0) is 12.1. The zero-order valence-corrected chi connectivity index (χ0v) is 11.0. The summed E-state index contributed by atoms with van der Waals surface area (Å²) in [5, 5.41) is 11.6. The molecule has 2 nitrogen and oxygen atoms in total. The Balaban J connectivity index is 2.14. The number of hydrogen-bond donors (Lipinski definition) is 1. The van der Waals surface area contributed by atoms with Crippen LogP contribution in [0.15, 0.2) is 17.5 Å². The molecule has 0 spiro atoms. The van der Waals surface area contributed by atoms with Crippen LogP contribution in [-0.4, -0.2) is 11.1 Å². The Kier molecular flexibility index (Phi) is 4.21. The van der Waals surface area contributed by atoms with Gasteiger partial charge in [-0.25, -0.2) is 0 Å². The van der Waals surface area contributed by atoms with Crippen molar-refractivity contribution in [1.82, 2.24) is 0 Å². The van der Waals surface area contributed by atoms with E-state index in [2.05, 4.69) is 6.07 Å². The van der Waals surface area contributed by atoms with Gasteiger partial charge >= 0.3 is 5.97 Å². The summed E-state index contributed by atoms with van der Waals surface area (Å²) in [7, 11) is 0. The Morgan fingerprint density at radius 3 is 2.41 bits per heavy atom. The topological polar surface area (TPSA) is 37.3 Å². The van der Waals surface area contributed by atoms with E-state index in [1.54, 1.807) is 11.3 Å². The summed E-state index contributed by atoms with van der Waals surface area (Å²) in [6, 6.07) is 4.08. The monoisotopic (exact) mass is 252 g/mol. The molecule has 94 valence electrons. The van der Waals surface area contributed by atoms with Crippen molar-refractivity contribution in [3.05, 3.63) is 22.4 Å². The number of carboxylic acid groups (broad SMARTS) is 1. The second-order valence-electron chi connectivity index (χ2n) is 5.11. The first-order chi connectivity index (χ1) is 8.23. The highest BCUT2D eigenvalue weighted by Crippen LogP contribution is 2.38. The van der Waals surface area contributed by atoms with Gasteiger partial charge in [0, 0.05) is 4.88 Å². The molecular formula is C14H20O2S. The van der Waals surface area contributed by atoms with Gasteiger partial charge in [0.25, 0.3) is 0 Å². The highest BCUT2D eigenvalue weighted by atomic mass is 32.1. The molecule has 0 unspecified atom stereocenters. The van der Waals surface area contributed by atoms with Gasteiger partial charge in [0.1, 0.15) is 0 Å². The molecule has 1 aromatic heterocycles. The second kappa shape index (κ2) is 5.67. The van der Waals surface area contributed by atoms with Crippen molar-refractivity contribution in [1.29, 1.82) is 0 Å². The quantitative estimate of drug-likeness (QED) is 0.879. The Labute approximate surface area is 107 Å². The molecule has 0 bridgehead atoms. The molecule has 1 aliphatic rings. The predicted molar refractivity (Wildman–Crippen MR) is 70.4 cm³/mol. The highest BCUT2D eigenvalue weighted by Gasteiger charge is 2.38. The van der Waals surface area contributed by atoms with Gasteiger partial charge in [-0.05, 0) is 30.7 Å². The first-order valence-corrected chi connectivity index (χ1v) is 7.37. The van der Waals surface area contributed by atoms with Crippen LogP contribution in [0.3, 0.4) is 0 Å². The number of carbonyl (C=O) groups is 1. The van der Waals surface area contributed by atoms with Crippen LogP contribution in [0.25, 0.3) is 0 Å². The minimum absolute atomic E-state index is 0.495. The van der Waals surface area contributed by atoms with Crippen LogP contribution in [0, 0.1) is 5.41 Å². The molecule has 1 N–H and O–H groups in total. The van der Waals surface area contributed by atoms with Crippen LogP contribution in [0.5, 0.6) is 0 Å². The summed E-state index contributed by atoms with van der Waals surface area (Å²) in [6.45, 7) is 0. The summed E-state index contributed by atoms with van der Waals surface area (Å²) in [4.78, 5) is 12.9. The van der Waals surface area contributed by atoms with Crippen molar-refractivity contribution in [3.63, 3.8) is 0 Å². The van der Waals surface area contributed by atoms with E-state index >= 15 is 0 Å². The fraction of sp³-hybridized carbons (Fsp3) is 0.643. The molecule has 0 aromatic carbocycles. The van der Waals surface area contributed by atoms with E-state index in [-0.39, 0.29) is 0 Å². The minimum Gasteiger partial charge on any atom is -0.481 e. The van der Waals surface area contributed by atoms with E-state index < -0.39 is 11.4 Å². The molecule has 1 aliphatic carbocycles. The molecule has 3 heteroatoms. The Morgan fingerprint density at radius 1 is 1.24 bits per heavy atom. The molecule has 0 aliphatic heterocycles. The van der Waals surface area contributed by atoms with Crippen LogP contribution >= 0.6 is 11.3 Å². The van der Waals surface area contributed by atoms with Crippen molar-refractivity contribution in [2.24, 2.45) is 5.41 Å². The van der Waals surface area contributed by atoms with E-state index in [0.29, 0.717) is 0 Å². The van der Waals surface area contributed by atoms with Crippen molar-refractivity contribution in [2.45, 2.75) is 51.4 Å². The minimum atomic E-state index is -0.590. The molecule has 0 saturated heterocycles. The Morgan fingerprint density at radius 2 is 1.88 bits per heavy atom. The van der Waals surface area contributed by atoms with Gasteiger partial charge < -0.3 is 5.11 Å². The number of rotatable bonds is 3. The van der Waals surface area contributed by atoms with Crippen molar-refractivity contribution in [3.8, 4) is 0 Å². The maximum atomic E-state index is 11.7. The third-order valence-corrected chi connectivity index (χ3v) is 4.73. The summed E-state index contributed by atoms with van der Waals surface area (Å²) in [6.07, 6.45) is 8.21. The molecule has 0 amide bonds. The van der Waals surface area contributed by atoms with Gasteiger partial charge in [0.05, 0.1) is 5.41 Å². The fourth-order valence-corrected chi connectivity index (χ4v) is 3.64. The fourth-order valence-electron chi connectivity index (χ4n) is 2.80. The molecule has 17 heavy (non-hydrogen) atoms. The molecule has 1 heterocycles. The van der Waals surface area contributed by atoms with Crippen LogP contribution < -0.4 is 0 Å². The molecule has 0 radical (unpaired) electrons.